The molecule has 0 spiro atoms. The van der Waals surface area contributed by atoms with Crippen LogP contribution in [0.3, 0.4) is 0 Å². The SMILES string of the molecule is CCCNC(COc1ccc(F)c(C)c1)C1CCCCC1. The van der Waals surface area contributed by atoms with Crippen LogP contribution in [0.5, 0.6) is 5.75 Å². The van der Waals surface area contributed by atoms with E-state index in [2.05, 4.69) is 12.2 Å². The molecule has 1 fully saturated rings. The molecule has 1 N–H and O–H groups in total. The molecule has 118 valence electrons. The van der Waals surface area contributed by atoms with E-state index in [0.29, 0.717) is 24.1 Å². The zero-order valence-electron chi connectivity index (χ0n) is 13.3. The highest BCUT2D eigenvalue weighted by molar-refractivity contribution is 5.28. The van der Waals surface area contributed by atoms with E-state index in [-0.39, 0.29) is 5.82 Å². The number of rotatable bonds is 7. The summed E-state index contributed by atoms with van der Waals surface area (Å²) in [4.78, 5) is 0. The van der Waals surface area contributed by atoms with Crippen LogP contribution in [0.15, 0.2) is 18.2 Å². The van der Waals surface area contributed by atoms with Gasteiger partial charge in [-0.1, -0.05) is 26.2 Å². The fourth-order valence-electron chi connectivity index (χ4n) is 3.12. The van der Waals surface area contributed by atoms with Gasteiger partial charge < -0.3 is 10.1 Å². The third kappa shape index (κ3) is 4.99. The van der Waals surface area contributed by atoms with E-state index in [1.54, 1.807) is 19.1 Å². The molecule has 0 aliphatic heterocycles. The third-order valence-electron chi connectivity index (χ3n) is 4.43. The summed E-state index contributed by atoms with van der Waals surface area (Å²) in [6.07, 6.45) is 7.78. The summed E-state index contributed by atoms with van der Waals surface area (Å²) in [5, 5.41) is 3.64. The van der Waals surface area contributed by atoms with Crippen LogP contribution >= 0.6 is 0 Å². The molecule has 2 rings (SSSR count). The van der Waals surface area contributed by atoms with E-state index in [4.69, 9.17) is 4.74 Å². The number of nitrogens with one attached hydrogen (secondary N) is 1. The maximum atomic E-state index is 13.3. The highest BCUT2D eigenvalue weighted by atomic mass is 19.1. The molecule has 0 heterocycles. The van der Waals surface area contributed by atoms with Gasteiger partial charge in [-0.3, -0.25) is 0 Å². The quantitative estimate of drug-likeness (QED) is 0.801. The van der Waals surface area contributed by atoms with Crippen LogP contribution in [0.25, 0.3) is 0 Å². The Balaban J connectivity index is 1.92. The molecule has 21 heavy (non-hydrogen) atoms. The Morgan fingerprint density at radius 1 is 1.29 bits per heavy atom. The predicted molar refractivity (Wildman–Crippen MR) is 85.3 cm³/mol. The first-order chi connectivity index (χ1) is 10.2. The van der Waals surface area contributed by atoms with Gasteiger partial charge in [0, 0.05) is 6.04 Å². The van der Waals surface area contributed by atoms with Crippen molar-refractivity contribution in [2.75, 3.05) is 13.2 Å². The van der Waals surface area contributed by atoms with Crippen LogP contribution in [0.1, 0.15) is 51.0 Å². The number of ether oxygens (including phenoxy) is 1. The van der Waals surface area contributed by atoms with Crippen LogP contribution in [0.4, 0.5) is 4.39 Å². The minimum Gasteiger partial charge on any atom is -0.492 e. The van der Waals surface area contributed by atoms with Crippen molar-refractivity contribution in [1.29, 1.82) is 0 Å². The Bertz CT molecular complexity index is 429. The fourth-order valence-corrected chi connectivity index (χ4v) is 3.12. The van der Waals surface area contributed by atoms with Crippen LogP contribution in [-0.4, -0.2) is 19.2 Å². The molecule has 2 nitrogen and oxygen atoms in total. The van der Waals surface area contributed by atoms with Gasteiger partial charge in [0.2, 0.25) is 0 Å². The van der Waals surface area contributed by atoms with Gasteiger partial charge in [0.25, 0.3) is 0 Å². The third-order valence-corrected chi connectivity index (χ3v) is 4.43. The summed E-state index contributed by atoms with van der Waals surface area (Å²) in [6.45, 7) is 5.67. The summed E-state index contributed by atoms with van der Waals surface area (Å²) in [7, 11) is 0. The van der Waals surface area contributed by atoms with Crippen molar-refractivity contribution >= 4 is 0 Å². The Hall–Kier alpha value is -1.09. The smallest absolute Gasteiger partial charge is 0.126 e. The van der Waals surface area contributed by atoms with Crippen molar-refractivity contribution in [1.82, 2.24) is 5.32 Å². The molecule has 1 aliphatic carbocycles. The van der Waals surface area contributed by atoms with Crippen molar-refractivity contribution in [2.24, 2.45) is 5.92 Å². The highest BCUT2D eigenvalue weighted by Crippen LogP contribution is 2.27. The van der Waals surface area contributed by atoms with Gasteiger partial charge >= 0.3 is 0 Å². The zero-order valence-corrected chi connectivity index (χ0v) is 13.3. The van der Waals surface area contributed by atoms with E-state index in [9.17, 15) is 4.39 Å². The van der Waals surface area contributed by atoms with Crippen LogP contribution < -0.4 is 10.1 Å². The molecule has 1 unspecified atom stereocenters. The summed E-state index contributed by atoms with van der Waals surface area (Å²) in [6, 6.07) is 5.41. The van der Waals surface area contributed by atoms with E-state index in [0.717, 1.165) is 18.7 Å². The maximum Gasteiger partial charge on any atom is 0.126 e. The molecule has 1 atom stereocenters. The van der Waals surface area contributed by atoms with Crippen LogP contribution in [0.2, 0.25) is 0 Å². The van der Waals surface area contributed by atoms with Gasteiger partial charge in [-0.15, -0.1) is 0 Å². The standard InChI is InChI=1S/C18H28FNO/c1-3-11-20-18(15-7-5-4-6-8-15)13-21-16-9-10-17(19)14(2)12-16/h9-10,12,15,18,20H,3-8,11,13H2,1-2H3. The first-order valence-electron chi connectivity index (χ1n) is 8.33. The Morgan fingerprint density at radius 2 is 2.05 bits per heavy atom. The molecule has 0 radical (unpaired) electrons. The minimum absolute atomic E-state index is 0.171. The molecule has 0 amide bonds. The lowest BCUT2D eigenvalue weighted by atomic mass is 9.84. The van der Waals surface area contributed by atoms with Gasteiger partial charge in [-0.05, 0) is 62.4 Å². The Kier molecular flexibility index (Phi) is 6.50. The molecule has 1 aromatic rings. The lowest BCUT2D eigenvalue weighted by Gasteiger charge is -2.31. The largest absolute Gasteiger partial charge is 0.492 e. The van der Waals surface area contributed by atoms with E-state index in [1.165, 1.54) is 38.2 Å². The fraction of sp³-hybridized carbons (Fsp3) is 0.667. The molecule has 1 aromatic carbocycles. The average Bonchev–Trinajstić information content (AvgIpc) is 2.51. The lowest BCUT2D eigenvalue weighted by molar-refractivity contribution is 0.186. The second-order valence-electron chi connectivity index (χ2n) is 6.18. The van der Waals surface area contributed by atoms with E-state index < -0.39 is 0 Å². The lowest BCUT2D eigenvalue weighted by Crippen LogP contribution is -2.42. The monoisotopic (exact) mass is 293 g/mol. The van der Waals surface area contributed by atoms with Crippen molar-refractivity contribution in [3.63, 3.8) is 0 Å². The average molecular weight is 293 g/mol. The molecule has 1 saturated carbocycles. The summed E-state index contributed by atoms with van der Waals surface area (Å²) in [5.41, 5.74) is 0.642. The Morgan fingerprint density at radius 3 is 2.71 bits per heavy atom. The van der Waals surface area contributed by atoms with E-state index >= 15 is 0 Å². The first-order valence-corrected chi connectivity index (χ1v) is 8.33. The van der Waals surface area contributed by atoms with E-state index in [1.807, 2.05) is 0 Å². The summed E-state index contributed by atoms with van der Waals surface area (Å²) >= 11 is 0. The van der Waals surface area contributed by atoms with Crippen molar-refractivity contribution in [3.8, 4) is 5.75 Å². The predicted octanol–water partition coefficient (Wildman–Crippen LogP) is 4.46. The summed E-state index contributed by atoms with van der Waals surface area (Å²) < 4.78 is 19.2. The van der Waals surface area contributed by atoms with Crippen LogP contribution in [0, 0.1) is 18.7 Å². The second-order valence-corrected chi connectivity index (χ2v) is 6.18. The summed E-state index contributed by atoms with van der Waals surface area (Å²) in [5.74, 6) is 1.31. The molecular formula is C18H28FNO. The second kappa shape index (κ2) is 8.38. The molecule has 1 aliphatic rings. The molecular weight excluding hydrogens is 265 g/mol. The van der Waals surface area contributed by atoms with Gasteiger partial charge in [0.15, 0.2) is 0 Å². The zero-order chi connectivity index (χ0) is 15.1. The number of benzene rings is 1. The van der Waals surface area contributed by atoms with Crippen molar-refractivity contribution in [2.45, 2.75) is 58.4 Å². The minimum atomic E-state index is -0.171. The first kappa shape index (κ1) is 16.3. The number of halogens is 1. The molecule has 0 aromatic heterocycles. The topological polar surface area (TPSA) is 21.3 Å². The van der Waals surface area contributed by atoms with Gasteiger partial charge in [-0.25, -0.2) is 4.39 Å². The van der Waals surface area contributed by atoms with Gasteiger partial charge in [0.05, 0.1) is 0 Å². The number of hydrogen-bond acceptors (Lipinski definition) is 2. The normalized spacial score (nSPS) is 17.7. The van der Waals surface area contributed by atoms with Crippen molar-refractivity contribution in [3.05, 3.63) is 29.6 Å². The van der Waals surface area contributed by atoms with Gasteiger partial charge in [-0.2, -0.15) is 0 Å². The molecule has 3 heteroatoms. The van der Waals surface area contributed by atoms with Crippen molar-refractivity contribution < 1.29 is 9.13 Å². The number of hydrogen-bond donors (Lipinski definition) is 1. The van der Waals surface area contributed by atoms with Crippen LogP contribution in [-0.2, 0) is 0 Å². The number of aryl methyl sites for hydroxylation is 1. The molecule has 0 saturated heterocycles. The maximum absolute atomic E-state index is 13.3. The highest BCUT2D eigenvalue weighted by Gasteiger charge is 2.23. The van der Waals surface area contributed by atoms with Gasteiger partial charge in [0.1, 0.15) is 18.2 Å². The Labute approximate surface area is 128 Å². The molecule has 0 bridgehead atoms.